The van der Waals surface area contributed by atoms with Gasteiger partial charge in [0.1, 0.15) is 5.82 Å². The summed E-state index contributed by atoms with van der Waals surface area (Å²) in [4.78, 5) is 30.8. The number of rotatable bonds is 6. The first-order valence-corrected chi connectivity index (χ1v) is 9.92. The summed E-state index contributed by atoms with van der Waals surface area (Å²) in [6.45, 7) is 9.86. The molecular weight excluding hydrogens is 375 g/mol. The van der Waals surface area contributed by atoms with E-state index in [4.69, 9.17) is 0 Å². The van der Waals surface area contributed by atoms with Gasteiger partial charge in [0.15, 0.2) is 5.69 Å². The largest absolute Gasteiger partial charge is 0.342 e. The van der Waals surface area contributed by atoms with Crippen LogP contribution in [0, 0.1) is 12.7 Å². The molecule has 2 amide bonds. The molecule has 9 heteroatoms. The Morgan fingerprint density at radius 3 is 2.28 bits per heavy atom. The van der Waals surface area contributed by atoms with Gasteiger partial charge >= 0.3 is 0 Å². The molecule has 1 aromatic heterocycles. The van der Waals surface area contributed by atoms with Gasteiger partial charge in [0.25, 0.3) is 5.91 Å². The summed E-state index contributed by atoms with van der Waals surface area (Å²) in [6, 6.07) is 5.88. The van der Waals surface area contributed by atoms with Crippen LogP contribution in [-0.2, 0) is 4.79 Å². The van der Waals surface area contributed by atoms with Crippen LogP contribution >= 0.6 is 0 Å². The number of carbonyl (C=O) groups excluding carboxylic acids is 2. The Bertz CT molecular complexity index is 854. The molecule has 29 heavy (non-hydrogen) atoms. The lowest BCUT2D eigenvalue weighted by Crippen LogP contribution is -2.51. The van der Waals surface area contributed by atoms with Crippen LogP contribution in [0.2, 0.25) is 0 Å². The van der Waals surface area contributed by atoms with Crippen molar-refractivity contribution in [1.29, 1.82) is 0 Å². The molecule has 0 radical (unpaired) electrons. The lowest BCUT2D eigenvalue weighted by molar-refractivity contribution is -0.132. The molecular formula is C20H27FN6O2. The highest BCUT2D eigenvalue weighted by Gasteiger charge is 2.27. The van der Waals surface area contributed by atoms with Gasteiger partial charge in [-0.2, -0.15) is 0 Å². The highest BCUT2D eigenvalue weighted by molar-refractivity contribution is 5.93. The maximum atomic E-state index is 13.1. The van der Waals surface area contributed by atoms with Gasteiger partial charge in [-0.15, -0.1) is 5.10 Å². The number of halogens is 1. The molecule has 1 aliphatic heterocycles. The molecule has 2 aromatic rings. The summed E-state index contributed by atoms with van der Waals surface area (Å²) in [7, 11) is 0. The van der Waals surface area contributed by atoms with E-state index in [9.17, 15) is 14.0 Å². The second kappa shape index (κ2) is 9.13. The van der Waals surface area contributed by atoms with E-state index in [-0.39, 0.29) is 17.6 Å². The molecule has 3 rings (SSSR count). The van der Waals surface area contributed by atoms with Gasteiger partial charge < -0.3 is 9.80 Å². The summed E-state index contributed by atoms with van der Waals surface area (Å²) in [6.07, 6.45) is 0. The van der Waals surface area contributed by atoms with E-state index < -0.39 is 0 Å². The molecule has 0 atom stereocenters. The van der Waals surface area contributed by atoms with E-state index in [1.807, 2.05) is 18.7 Å². The van der Waals surface area contributed by atoms with E-state index in [0.717, 1.165) is 0 Å². The maximum Gasteiger partial charge on any atom is 0.276 e. The molecule has 0 spiro atoms. The van der Waals surface area contributed by atoms with Gasteiger partial charge in [0.05, 0.1) is 17.9 Å². The Labute approximate surface area is 169 Å². The SMILES string of the molecule is CCN(CC)C(=O)CN1CCN(C(=O)c2nnn(-c3ccc(F)cc3)c2C)CC1. The average molecular weight is 402 g/mol. The lowest BCUT2D eigenvalue weighted by Gasteiger charge is -2.35. The minimum Gasteiger partial charge on any atom is -0.342 e. The summed E-state index contributed by atoms with van der Waals surface area (Å²) in [5.74, 6) is -0.390. The van der Waals surface area contributed by atoms with Crippen LogP contribution in [0.1, 0.15) is 30.0 Å². The predicted octanol–water partition coefficient (Wildman–Crippen LogP) is 1.34. The van der Waals surface area contributed by atoms with E-state index in [0.29, 0.717) is 62.9 Å². The van der Waals surface area contributed by atoms with Crippen molar-refractivity contribution in [3.8, 4) is 5.69 Å². The number of amides is 2. The topological polar surface area (TPSA) is 74.6 Å². The van der Waals surface area contributed by atoms with Crippen LogP contribution in [0.25, 0.3) is 5.69 Å². The minimum atomic E-state index is -0.333. The van der Waals surface area contributed by atoms with Crippen molar-refractivity contribution in [3.05, 3.63) is 41.5 Å². The zero-order valence-electron chi connectivity index (χ0n) is 17.1. The molecule has 156 valence electrons. The zero-order chi connectivity index (χ0) is 21.0. The molecule has 1 aliphatic rings. The van der Waals surface area contributed by atoms with Gasteiger partial charge in [-0.1, -0.05) is 5.21 Å². The Kier molecular flexibility index (Phi) is 6.58. The summed E-state index contributed by atoms with van der Waals surface area (Å²) < 4.78 is 14.7. The van der Waals surface area contributed by atoms with Gasteiger partial charge in [0, 0.05) is 39.3 Å². The Balaban J connectivity index is 1.61. The third kappa shape index (κ3) is 4.61. The Morgan fingerprint density at radius 1 is 1.07 bits per heavy atom. The second-order valence-electron chi connectivity index (χ2n) is 7.05. The lowest BCUT2D eigenvalue weighted by atomic mass is 10.2. The summed E-state index contributed by atoms with van der Waals surface area (Å²) in [5, 5.41) is 8.12. The Hall–Kier alpha value is -2.81. The predicted molar refractivity (Wildman–Crippen MR) is 106 cm³/mol. The molecule has 1 fully saturated rings. The standard InChI is InChI=1S/C20H27FN6O2/c1-4-25(5-2)18(28)14-24-10-12-26(13-11-24)20(29)19-15(3)27(23-22-19)17-8-6-16(21)7-9-17/h6-9H,4-5,10-14H2,1-3H3. The van der Waals surface area contributed by atoms with Gasteiger partial charge in [-0.3, -0.25) is 14.5 Å². The first-order chi connectivity index (χ1) is 13.9. The van der Waals surface area contributed by atoms with Gasteiger partial charge in [0.2, 0.25) is 5.91 Å². The van der Waals surface area contributed by atoms with Crippen LogP contribution < -0.4 is 0 Å². The molecule has 0 N–H and O–H groups in total. The van der Waals surface area contributed by atoms with Crippen molar-refractivity contribution >= 4 is 11.8 Å². The van der Waals surface area contributed by atoms with Crippen molar-refractivity contribution in [3.63, 3.8) is 0 Å². The molecule has 1 saturated heterocycles. The van der Waals surface area contributed by atoms with Gasteiger partial charge in [-0.25, -0.2) is 9.07 Å². The fourth-order valence-corrected chi connectivity index (χ4v) is 3.48. The minimum absolute atomic E-state index is 0.118. The monoisotopic (exact) mass is 402 g/mol. The van der Waals surface area contributed by atoms with Crippen molar-refractivity contribution in [2.75, 3.05) is 45.8 Å². The molecule has 0 bridgehead atoms. The van der Waals surface area contributed by atoms with Crippen LogP contribution in [0.5, 0.6) is 0 Å². The normalized spacial score (nSPS) is 14.8. The van der Waals surface area contributed by atoms with Crippen molar-refractivity contribution in [2.45, 2.75) is 20.8 Å². The van der Waals surface area contributed by atoms with Crippen molar-refractivity contribution < 1.29 is 14.0 Å². The number of benzene rings is 1. The second-order valence-corrected chi connectivity index (χ2v) is 7.05. The number of nitrogens with zero attached hydrogens (tertiary/aromatic N) is 6. The Morgan fingerprint density at radius 2 is 1.69 bits per heavy atom. The fourth-order valence-electron chi connectivity index (χ4n) is 3.48. The number of likely N-dealkylation sites (N-methyl/N-ethyl adjacent to an activating group) is 1. The first kappa shape index (κ1) is 20.9. The first-order valence-electron chi connectivity index (χ1n) is 9.92. The van der Waals surface area contributed by atoms with E-state index in [2.05, 4.69) is 15.2 Å². The number of piperazine rings is 1. The summed E-state index contributed by atoms with van der Waals surface area (Å²) >= 11 is 0. The number of hydrogen-bond donors (Lipinski definition) is 0. The molecule has 2 heterocycles. The van der Waals surface area contributed by atoms with Crippen molar-refractivity contribution in [1.82, 2.24) is 29.7 Å². The molecule has 0 aliphatic carbocycles. The zero-order valence-corrected chi connectivity index (χ0v) is 17.1. The van der Waals surface area contributed by atoms with E-state index >= 15 is 0 Å². The van der Waals surface area contributed by atoms with Crippen molar-refractivity contribution in [2.24, 2.45) is 0 Å². The van der Waals surface area contributed by atoms with E-state index in [1.165, 1.54) is 16.8 Å². The number of carbonyl (C=O) groups is 2. The van der Waals surface area contributed by atoms with Crippen LogP contribution in [0.15, 0.2) is 24.3 Å². The summed E-state index contributed by atoms with van der Waals surface area (Å²) in [5.41, 5.74) is 1.55. The third-order valence-electron chi connectivity index (χ3n) is 5.30. The number of hydrogen-bond acceptors (Lipinski definition) is 5. The average Bonchev–Trinajstić information content (AvgIpc) is 3.11. The number of aromatic nitrogens is 3. The maximum absolute atomic E-state index is 13.1. The van der Waals surface area contributed by atoms with Gasteiger partial charge in [-0.05, 0) is 45.0 Å². The quantitative estimate of drug-likeness (QED) is 0.729. The highest BCUT2D eigenvalue weighted by atomic mass is 19.1. The molecule has 1 aromatic carbocycles. The third-order valence-corrected chi connectivity index (χ3v) is 5.30. The van der Waals surface area contributed by atoms with Crippen LogP contribution in [-0.4, -0.2) is 87.3 Å². The van der Waals surface area contributed by atoms with Crippen LogP contribution in [0.3, 0.4) is 0 Å². The van der Waals surface area contributed by atoms with Crippen LogP contribution in [0.4, 0.5) is 4.39 Å². The smallest absolute Gasteiger partial charge is 0.276 e. The molecule has 8 nitrogen and oxygen atoms in total. The van der Waals surface area contributed by atoms with E-state index in [1.54, 1.807) is 24.0 Å². The molecule has 0 unspecified atom stereocenters. The highest BCUT2D eigenvalue weighted by Crippen LogP contribution is 2.15. The molecule has 0 saturated carbocycles. The fraction of sp³-hybridized carbons (Fsp3) is 0.500.